The summed E-state index contributed by atoms with van der Waals surface area (Å²) in [5.74, 6) is 0.707. The fourth-order valence-electron chi connectivity index (χ4n) is 3.36. The molecule has 1 fully saturated rings. The minimum Gasteiger partial charge on any atom is -0.494 e. The summed E-state index contributed by atoms with van der Waals surface area (Å²) in [4.78, 5) is 17.1. The molecule has 0 aliphatic carbocycles. The number of methoxy groups -OCH3 is 1. The van der Waals surface area contributed by atoms with E-state index in [2.05, 4.69) is 15.6 Å². The van der Waals surface area contributed by atoms with Gasteiger partial charge in [0.1, 0.15) is 16.5 Å². The van der Waals surface area contributed by atoms with Crippen molar-refractivity contribution in [2.45, 2.75) is 19.8 Å². The fourth-order valence-corrected chi connectivity index (χ4v) is 4.17. The van der Waals surface area contributed by atoms with E-state index >= 15 is 0 Å². The van der Waals surface area contributed by atoms with Crippen LogP contribution in [0.4, 0.5) is 0 Å². The zero-order valence-electron chi connectivity index (χ0n) is 16.7. The molecule has 2 aromatic rings. The van der Waals surface area contributed by atoms with E-state index in [0.717, 1.165) is 42.3 Å². The van der Waals surface area contributed by atoms with E-state index < -0.39 is 0 Å². The third-order valence-electron chi connectivity index (χ3n) is 4.89. The monoisotopic (exact) mass is 461 g/mol. The predicted octanol–water partition coefficient (Wildman–Crippen LogP) is 3.80. The van der Waals surface area contributed by atoms with Crippen molar-refractivity contribution in [3.8, 4) is 16.3 Å². The highest BCUT2D eigenvalue weighted by Crippen LogP contribution is 2.29. The lowest BCUT2D eigenvalue weighted by Gasteiger charge is -2.37. The molecule has 1 aromatic heterocycles. The van der Waals surface area contributed by atoms with Crippen LogP contribution in [-0.2, 0) is 4.74 Å². The van der Waals surface area contributed by atoms with Crippen molar-refractivity contribution in [1.29, 1.82) is 0 Å². The van der Waals surface area contributed by atoms with Crippen LogP contribution in [0.1, 0.15) is 30.3 Å². The van der Waals surface area contributed by atoms with Crippen LogP contribution in [0, 0.1) is 5.41 Å². The van der Waals surface area contributed by atoms with Crippen LogP contribution in [0.3, 0.4) is 0 Å². The molecule has 9 heteroatoms. The smallest absolute Gasteiger partial charge is 0.270 e. The van der Waals surface area contributed by atoms with Gasteiger partial charge in [-0.25, -0.2) is 4.98 Å². The second-order valence-corrected chi connectivity index (χ2v) is 7.72. The SMILES string of the molecule is CCOc1ccc(-c2nc(C(=O)NCC3(COC)CCNCC3)cs2)cc1.Cl.Cl. The van der Waals surface area contributed by atoms with Crippen LogP contribution in [0.2, 0.25) is 0 Å². The van der Waals surface area contributed by atoms with Crippen molar-refractivity contribution in [3.05, 3.63) is 35.3 Å². The molecule has 1 aliphatic rings. The topological polar surface area (TPSA) is 72.5 Å². The lowest BCUT2D eigenvalue weighted by molar-refractivity contribution is 0.0511. The molecule has 1 aromatic carbocycles. The Morgan fingerprint density at radius 2 is 1.93 bits per heavy atom. The number of amides is 1. The summed E-state index contributed by atoms with van der Waals surface area (Å²) < 4.78 is 10.9. The highest BCUT2D eigenvalue weighted by atomic mass is 35.5. The van der Waals surface area contributed by atoms with E-state index in [1.54, 1.807) is 7.11 Å². The summed E-state index contributed by atoms with van der Waals surface area (Å²) in [5.41, 5.74) is 1.45. The van der Waals surface area contributed by atoms with Gasteiger partial charge in [0, 0.05) is 30.0 Å². The van der Waals surface area contributed by atoms with Gasteiger partial charge in [-0.2, -0.15) is 0 Å². The number of carbonyl (C=O) groups is 1. The van der Waals surface area contributed by atoms with Gasteiger partial charge in [-0.3, -0.25) is 4.79 Å². The van der Waals surface area contributed by atoms with Gasteiger partial charge in [0.05, 0.1) is 13.2 Å². The molecule has 3 rings (SSSR count). The Kier molecular flexibility index (Phi) is 10.9. The highest BCUT2D eigenvalue weighted by Gasteiger charge is 2.32. The number of nitrogens with zero attached hydrogens (tertiary/aromatic N) is 1. The zero-order valence-corrected chi connectivity index (χ0v) is 19.2. The number of piperidine rings is 1. The minimum absolute atomic E-state index is 0. The molecule has 0 radical (unpaired) electrons. The van der Waals surface area contributed by atoms with Crippen molar-refractivity contribution in [1.82, 2.24) is 15.6 Å². The van der Waals surface area contributed by atoms with E-state index in [-0.39, 0.29) is 36.1 Å². The van der Waals surface area contributed by atoms with Gasteiger partial charge in [0.25, 0.3) is 5.91 Å². The number of hydrogen-bond donors (Lipinski definition) is 2. The molecule has 0 unspecified atom stereocenters. The van der Waals surface area contributed by atoms with Gasteiger partial charge < -0.3 is 20.1 Å². The Bertz CT molecular complexity index is 744. The maximum Gasteiger partial charge on any atom is 0.270 e. The first kappa shape index (κ1) is 25.7. The quantitative estimate of drug-likeness (QED) is 0.625. The van der Waals surface area contributed by atoms with Gasteiger partial charge >= 0.3 is 0 Å². The first-order valence-corrected chi connectivity index (χ1v) is 10.2. The number of thiazole rings is 1. The van der Waals surface area contributed by atoms with Crippen LogP contribution < -0.4 is 15.4 Å². The molecule has 6 nitrogen and oxygen atoms in total. The first-order chi connectivity index (χ1) is 13.2. The maximum atomic E-state index is 12.6. The summed E-state index contributed by atoms with van der Waals surface area (Å²) in [6.45, 7) is 5.78. The third-order valence-corrected chi connectivity index (χ3v) is 5.78. The normalized spacial score (nSPS) is 15.0. The maximum absolute atomic E-state index is 12.6. The number of benzene rings is 1. The van der Waals surface area contributed by atoms with Crippen LogP contribution in [0.5, 0.6) is 5.75 Å². The van der Waals surface area contributed by atoms with Gasteiger partial charge in [0.2, 0.25) is 0 Å². The van der Waals surface area contributed by atoms with Crippen molar-refractivity contribution < 1.29 is 14.3 Å². The third kappa shape index (κ3) is 6.83. The standard InChI is InChI=1S/C20H27N3O3S.2ClH/c1-3-26-16-6-4-15(5-7-16)19-23-17(12-27-19)18(24)22-13-20(14-25-2)8-10-21-11-9-20;;/h4-7,12,21H,3,8-11,13-14H2,1-2H3,(H,22,24);2*1H. The molecule has 2 N–H and O–H groups in total. The Morgan fingerprint density at radius 1 is 1.24 bits per heavy atom. The largest absolute Gasteiger partial charge is 0.494 e. The molecular weight excluding hydrogens is 433 g/mol. The Morgan fingerprint density at radius 3 is 2.55 bits per heavy atom. The number of hydrogen-bond acceptors (Lipinski definition) is 6. The molecule has 1 saturated heterocycles. The molecule has 0 spiro atoms. The van der Waals surface area contributed by atoms with E-state index in [0.29, 0.717) is 25.5 Å². The molecule has 0 bridgehead atoms. The van der Waals surface area contributed by atoms with E-state index in [9.17, 15) is 4.79 Å². The second-order valence-electron chi connectivity index (χ2n) is 6.86. The minimum atomic E-state index is -0.127. The van der Waals surface area contributed by atoms with E-state index in [1.165, 1.54) is 11.3 Å². The van der Waals surface area contributed by atoms with Gasteiger partial charge in [0.15, 0.2) is 0 Å². The van der Waals surface area contributed by atoms with Crippen molar-refractivity contribution in [2.24, 2.45) is 5.41 Å². The second kappa shape index (κ2) is 12.3. The molecule has 0 saturated carbocycles. The van der Waals surface area contributed by atoms with Crippen molar-refractivity contribution in [3.63, 3.8) is 0 Å². The van der Waals surface area contributed by atoms with Crippen LogP contribution in [0.25, 0.3) is 10.6 Å². The number of aromatic nitrogens is 1. The number of ether oxygens (including phenoxy) is 2. The summed E-state index contributed by atoms with van der Waals surface area (Å²) in [6, 6.07) is 7.78. The number of carbonyl (C=O) groups excluding carboxylic acids is 1. The predicted molar refractivity (Wildman–Crippen MR) is 122 cm³/mol. The summed E-state index contributed by atoms with van der Waals surface area (Å²) in [5, 5.41) is 9.07. The lowest BCUT2D eigenvalue weighted by atomic mass is 9.79. The number of nitrogens with one attached hydrogen (secondary N) is 2. The van der Waals surface area contributed by atoms with E-state index in [4.69, 9.17) is 9.47 Å². The first-order valence-electron chi connectivity index (χ1n) is 9.32. The Labute approximate surface area is 188 Å². The average Bonchev–Trinajstić information content (AvgIpc) is 3.18. The zero-order chi connectivity index (χ0) is 19.1. The molecule has 0 atom stereocenters. The number of rotatable bonds is 8. The summed E-state index contributed by atoms with van der Waals surface area (Å²) in [7, 11) is 1.72. The molecule has 2 heterocycles. The number of halogens is 2. The van der Waals surface area contributed by atoms with Crippen LogP contribution in [-0.4, -0.2) is 50.8 Å². The average molecular weight is 462 g/mol. The van der Waals surface area contributed by atoms with Crippen molar-refractivity contribution in [2.75, 3.05) is 40.0 Å². The molecule has 1 amide bonds. The van der Waals surface area contributed by atoms with E-state index in [1.807, 2.05) is 36.6 Å². The van der Waals surface area contributed by atoms with Crippen LogP contribution >= 0.6 is 36.2 Å². The summed E-state index contributed by atoms with van der Waals surface area (Å²) >= 11 is 1.47. The fraction of sp³-hybridized carbons (Fsp3) is 0.500. The molecule has 162 valence electrons. The Hall–Kier alpha value is -1.38. The molecular formula is C20H29Cl2N3O3S. The van der Waals surface area contributed by atoms with Gasteiger partial charge in [-0.1, -0.05) is 0 Å². The van der Waals surface area contributed by atoms with Gasteiger partial charge in [-0.05, 0) is 57.1 Å². The lowest BCUT2D eigenvalue weighted by Crippen LogP contribution is -2.47. The van der Waals surface area contributed by atoms with Crippen molar-refractivity contribution >= 4 is 42.1 Å². The Balaban J connectivity index is 0.00000210. The molecule has 1 aliphatic heterocycles. The van der Waals surface area contributed by atoms with Gasteiger partial charge in [-0.15, -0.1) is 36.2 Å². The van der Waals surface area contributed by atoms with Crippen LogP contribution in [0.15, 0.2) is 29.6 Å². The highest BCUT2D eigenvalue weighted by molar-refractivity contribution is 7.13. The summed E-state index contributed by atoms with van der Waals surface area (Å²) in [6.07, 6.45) is 1.99. The molecule has 29 heavy (non-hydrogen) atoms.